The maximum atomic E-state index is 14.7. The van der Waals surface area contributed by atoms with Gasteiger partial charge in [0, 0.05) is 54.8 Å². The lowest BCUT2D eigenvalue weighted by Gasteiger charge is -2.30. The topological polar surface area (TPSA) is 66.4 Å². The highest BCUT2D eigenvalue weighted by atomic mass is 19.2. The summed E-state index contributed by atoms with van der Waals surface area (Å²) < 4.78 is 30.6. The third-order valence-electron chi connectivity index (χ3n) is 5.75. The van der Waals surface area contributed by atoms with Crippen molar-refractivity contribution in [1.29, 1.82) is 0 Å². The lowest BCUT2D eigenvalue weighted by molar-refractivity contribution is -0.135. The second kappa shape index (κ2) is 5.51. The van der Waals surface area contributed by atoms with Crippen molar-refractivity contribution in [3.63, 3.8) is 0 Å². The molecule has 2 N–H and O–H groups in total. The van der Waals surface area contributed by atoms with Gasteiger partial charge >= 0.3 is 0 Å². The molecule has 0 saturated carbocycles. The molecule has 0 aliphatic carbocycles. The number of aromatic nitrogens is 1. The van der Waals surface area contributed by atoms with E-state index in [1.165, 1.54) is 6.07 Å². The van der Waals surface area contributed by atoms with Crippen molar-refractivity contribution in [3.05, 3.63) is 30.1 Å². The number of amides is 2. The Morgan fingerprint density at radius 2 is 2.04 bits per heavy atom. The van der Waals surface area contributed by atoms with Gasteiger partial charge in [-0.3, -0.25) is 14.9 Å². The van der Waals surface area contributed by atoms with E-state index in [-0.39, 0.29) is 30.0 Å². The second-order valence-corrected chi connectivity index (χ2v) is 7.34. The summed E-state index contributed by atoms with van der Waals surface area (Å²) in [7, 11) is 0. The maximum absolute atomic E-state index is 14.7. The van der Waals surface area contributed by atoms with Crippen LogP contribution in [0, 0.1) is 11.6 Å². The molecule has 3 aliphatic rings. The quantitative estimate of drug-likeness (QED) is 0.796. The van der Waals surface area contributed by atoms with Gasteiger partial charge in [0.05, 0.1) is 5.69 Å². The molecule has 2 bridgehead atoms. The fourth-order valence-electron chi connectivity index (χ4n) is 4.50. The van der Waals surface area contributed by atoms with Crippen LogP contribution in [0.4, 0.5) is 14.5 Å². The molecule has 2 aromatic rings. The largest absolute Gasteiger partial charge is 0.363 e. The minimum atomic E-state index is -0.885. The fraction of sp³-hybridized carbons (Fsp3) is 0.444. The van der Waals surface area contributed by atoms with Crippen LogP contribution in [0.5, 0.6) is 0 Å². The highest BCUT2D eigenvalue weighted by Gasteiger charge is 2.40. The number of hydrogen-bond acceptors (Lipinski definition) is 4. The molecule has 0 radical (unpaired) electrons. The molecule has 1 aromatic heterocycles. The number of nitrogens with one attached hydrogen (secondary N) is 2. The number of carbonyl (C=O) groups excluding carboxylic acids is 2. The van der Waals surface area contributed by atoms with Gasteiger partial charge in [-0.25, -0.2) is 8.78 Å². The lowest BCUT2D eigenvalue weighted by Crippen LogP contribution is -2.44. The highest BCUT2D eigenvalue weighted by molar-refractivity contribution is 6.00. The van der Waals surface area contributed by atoms with E-state index < -0.39 is 17.7 Å². The predicted octanol–water partition coefficient (Wildman–Crippen LogP) is 1.45. The number of piperidine rings is 1. The average molecular weight is 360 g/mol. The molecule has 1 aromatic carbocycles. The van der Waals surface area contributed by atoms with Gasteiger partial charge in [-0.2, -0.15) is 0 Å². The SMILES string of the molecule is O=C1CCC(n2cc3cc(F)c(F)c(N4CC5CC4CN5)c3c2)C(=O)N1. The zero-order valence-corrected chi connectivity index (χ0v) is 14.0. The number of fused-ring (bicyclic) bond motifs is 3. The van der Waals surface area contributed by atoms with Crippen molar-refractivity contribution < 1.29 is 18.4 Å². The van der Waals surface area contributed by atoms with Crippen LogP contribution in [0.2, 0.25) is 0 Å². The summed E-state index contributed by atoms with van der Waals surface area (Å²) in [6.45, 7) is 1.40. The Morgan fingerprint density at radius 3 is 2.73 bits per heavy atom. The van der Waals surface area contributed by atoms with Crippen molar-refractivity contribution in [2.75, 3.05) is 18.0 Å². The van der Waals surface area contributed by atoms with E-state index in [0.29, 0.717) is 29.8 Å². The van der Waals surface area contributed by atoms with E-state index in [9.17, 15) is 18.4 Å². The number of carbonyl (C=O) groups is 2. The normalized spacial score (nSPS) is 28.2. The van der Waals surface area contributed by atoms with Crippen LogP contribution in [-0.4, -0.2) is 41.6 Å². The summed E-state index contributed by atoms with van der Waals surface area (Å²) in [6, 6.07) is 1.08. The maximum Gasteiger partial charge on any atom is 0.249 e. The summed E-state index contributed by atoms with van der Waals surface area (Å²) in [4.78, 5) is 25.4. The highest BCUT2D eigenvalue weighted by Crippen LogP contribution is 2.39. The Balaban J connectivity index is 1.61. The Kier molecular flexibility index (Phi) is 3.34. The van der Waals surface area contributed by atoms with E-state index in [1.54, 1.807) is 17.0 Å². The third-order valence-corrected chi connectivity index (χ3v) is 5.75. The number of piperazine rings is 1. The van der Waals surface area contributed by atoms with Crippen molar-refractivity contribution in [2.45, 2.75) is 37.4 Å². The van der Waals surface area contributed by atoms with E-state index in [4.69, 9.17) is 0 Å². The van der Waals surface area contributed by atoms with Crippen LogP contribution in [0.15, 0.2) is 18.5 Å². The first-order valence-electron chi connectivity index (χ1n) is 8.84. The Labute approximate surface area is 148 Å². The Hall–Kier alpha value is -2.48. The fourth-order valence-corrected chi connectivity index (χ4v) is 4.50. The van der Waals surface area contributed by atoms with E-state index >= 15 is 0 Å². The summed E-state index contributed by atoms with van der Waals surface area (Å²) in [5.41, 5.74) is 0.278. The molecule has 3 fully saturated rings. The van der Waals surface area contributed by atoms with Gasteiger partial charge in [-0.15, -0.1) is 0 Å². The Morgan fingerprint density at radius 1 is 1.19 bits per heavy atom. The summed E-state index contributed by atoms with van der Waals surface area (Å²) in [5, 5.41) is 6.83. The third kappa shape index (κ3) is 2.25. The standard InChI is InChI=1S/C18H18F2N4O2/c19-13-3-9-6-23(14-1-2-15(25)22-18(14)26)8-12(9)17(16(13)20)24-7-10-4-11(24)5-21-10/h3,6,8,10-11,14,21H,1-2,4-5,7H2,(H,22,25,26). The molecule has 26 heavy (non-hydrogen) atoms. The van der Waals surface area contributed by atoms with Crippen LogP contribution in [-0.2, 0) is 9.59 Å². The Bertz CT molecular complexity index is 941. The molecule has 4 heterocycles. The van der Waals surface area contributed by atoms with Gasteiger partial charge in [-0.1, -0.05) is 0 Å². The van der Waals surface area contributed by atoms with E-state index in [0.717, 1.165) is 13.0 Å². The number of halogens is 2. The molecule has 3 atom stereocenters. The monoisotopic (exact) mass is 360 g/mol. The zero-order chi connectivity index (χ0) is 18.0. The molecule has 0 spiro atoms. The molecular formula is C18H18F2N4O2. The van der Waals surface area contributed by atoms with Crippen molar-refractivity contribution in [2.24, 2.45) is 0 Å². The van der Waals surface area contributed by atoms with E-state index in [2.05, 4.69) is 10.6 Å². The van der Waals surface area contributed by atoms with Gasteiger partial charge in [0.15, 0.2) is 11.6 Å². The van der Waals surface area contributed by atoms with Gasteiger partial charge in [0.25, 0.3) is 0 Å². The first-order valence-corrected chi connectivity index (χ1v) is 8.84. The predicted molar refractivity (Wildman–Crippen MR) is 90.8 cm³/mol. The molecule has 3 aliphatic heterocycles. The molecular weight excluding hydrogens is 342 g/mol. The number of imide groups is 1. The van der Waals surface area contributed by atoms with Crippen LogP contribution in [0.25, 0.3) is 10.8 Å². The van der Waals surface area contributed by atoms with Gasteiger partial charge < -0.3 is 14.8 Å². The molecule has 136 valence electrons. The van der Waals surface area contributed by atoms with Gasteiger partial charge in [-0.05, 0) is 18.9 Å². The van der Waals surface area contributed by atoms with Crippen molar-refractivity contribution in [3.8, 4) is 0 Å². The average Bonchev–Trinajstić information content (AvgIpc) is 3.31. The smallest absolute Gasteiger partial charge is 0.249 e. The van der Waals surface area contributed by atoms with Crippen LogP contribution < -0.4 is 15.5 Å². The van der Waals surface area contributed by atoms with Crippen LogP contribution in [0.1, 0.15) is 25.3 Å². The van der Waals surface area contributed by atoms with Crippen molar-refractivity contribution in [1.82, 2.24) is 15.2 Å². The molecule has 3 saturated heterocycles. The van der Waals surface area contributed by atoms with E-state index in [1.807, 2.05) is 4.90 Å². The minimum Gasteiger partial charge on any atom is -0.363 e. The summed E-state index contributed by atoms with van der Waals surface area (Å²) in [5.74, 6) is -2.40. The number of nitrogens with zero attached hydrogens (tertiary/aromatic N) is 2. The second-order valence-electron chi connectivity index (χ2n) is 7.34. The number of rotatable bonds is 2. The first kappa shape index (κ1) is 15.7. The minimum absolute atomic E-state index is 0.151. The number of anilines is 1. The summed E-state index contributed by atoms with van der Waals surface area (Å²) >= 11 is 0. The van der Waals surface area contributed by atoms with Gasteiger partial charge in [0.2, 0.25) is 11.8 Å². The molecule has 6 nitrogen and oxygen atoms in total. The summed E-state index contributed by atoms with van der Waals surface area (Å²) in [6.07, 6.45) is 4.91. The van der Waals surface area contributed by atoms with Gasteiger partial charge in [0.1, 0.15) is 6.04 Å². The number of hydrogen-bond donors (Lipinski definition) is 2. The van der Waals surface area contributed by atoms with Crippen molar-refractivity contribution >= 4 is 28.3 Å². The zero-order valence-electron chi connectivity index (χ0n) is 14.0. The van der Waals surface area contributed by atoms with Crippen LogP contribution >= 0.6 is 0 Å². The molecule has 8 heteroatoms. The lowest BCUT2D eigenvalue weighted by atomic mass is 10.1. The molecule has 2 amide bonds. The van der Waals surface area contributed by atoms with Crippen LogP contribution in [0.3, 0.4) is 0 Å². The number of benzene rings is 1. The molecule has 3 unspecified atom stereocenters. The molecule has 5 rings (SSSR count). The first-order chi connectivity index (χ1) is 12.5.